The molecule has 164 valence electrons. The molecule has 11 heteroatoms. The van der Waals surface area contributed by atoms with Crippen molar-refractivity contribution >= 4 is 27.9 Å². The quantitative estimate of drug-likeness (QED) is 0.532. The van der Waals surface area contributed by atoms with Crippen molar-refractivity contribution in [3.8, 4) is 0 Å². The van der Waals surface area contributed by atoms with Gasteiger partial charge in [0.2, 0.25) is 15.9 Å². The van der Waals surface area contributed by atoms with Crippen LogP contribution in [0.4, 0.5) is 4.79 Å². The first-order valence-corrected chi connectivity index (χ1v) is 11.8. The van der Waals surface area contributed by atoms with Crippen LogP contribution in [0.5, 0.6) is 0 Å². The fourth-order valence-electron chi connectivity index (χ4n) is 4.21. The van der Waals surface area contributed by atoms with Crippen molar-refractivity contribution in [1.82, 2.24) is 19.8 Å². The number of sulfonamides is 1. The van der Waals surface area contributed by atoms with Crippen LogP contribution in [-0.2, 0) is 24.3 Å². The second-order valence-corrected chi connectivity index (χ2v) is 10.0. The molecule has 0 aromatic carbocycles. The Morgan fingerprint density at radius 2 is 1.90 bits per heavy atom. The van der Waals surface area contributed by atoms with Gasteiger partial charge in [-0.2, -0.15) is 4.31 Å². The largest absolute Gasteiger partial charge is 0.379 e. The maximum atomic E-state index is 12.8. The summed E-state index contributed by atoms with van der Waals surface area (Å²) in [5, 5.41) is 5.29. The summed E-state index contributed by atoms with van der Waals surface area (Å²) in [7, 11) is -3.48. The van der Waals surface area contributed by atoms with Crippen molar-refractivity contribution in [2.45, 2.75) is 44.6 Å². The van der Waals surface area contributed by atoms with E-state index < -0.39 is 34.0 Å². The highest BCUT2D eigenvalue weighted by atomic mass is 32.2. The Labute approximate surface area is 171 Å². The number of urea groups is 1. The number of nitrogens with one attached hydrogen (secondary N) is 2. The molecule has 3 aliphatic rings. The van der Waals surface area contributed by atoms with Crippen molar-refractivity contribution in [2.24, 2.45) is 5.92 Å². The van der Waals surface area contributed by atoms with Crippen LogP contribution in [0.3, 0.4) is 0 Å². The maximum absolute atomic E-state index is 12.8. The zero-order chi connectivity index (χ0) is 21.1. The predicted molar refractivity (Wildman–Crippen MR) is 104 cm³/mol. The van der Waals surface area contributed by atoms with Crippen LogP contribution in [0.15, 0.2) is 0 Å². The summed E-state index contributed by atoms with van der Waals surface area (Å²) >= 11 is 0. The third-order valence-corrected chi connectivity index (χ3v) is 8.00. The minimum Gasteiger partial charge on any atom is -0.379 e. The van der Waals surface area contributed by atoms with Gasteiger partial charge in [-0.1, -0.05) is 13.3 Å². The number of carbonyl (C=O) groups excluding carboxylic acids is 3. The van der Waals surface area contributed by atoms with E-state index in [-0.39, 0.29) is 18.2 Å². The van der Waals surface area contributed by atoms with E-state index in [0.29, 0.717) is 45.1 Å². The first-order valence-electron chi connectivity index (χ1n) is 10.2. The summed E-state index contributed by atoms with van der Waals surface area (Å²) in [6.07, 6.45) is 3.99. The van der Waals surface area contributed by atoms with Gasteiger partial charge in [0.1, 0.15) is 12.1 Å². The molecule has 2 saturated heterocycles. The van der Waals surface area contributed by atoms with Crippen LogP contribution >= 0.6 is 0 Å². The average Bonchev–Trinajstić information content (AvgIpc) is 2.93. The van der Waals surface area contributed by atoms with Gasteiger partial charge in [-0.05, 0) is 31.6 Å². The molecule has 1 spiro atoms. The standard InChI is InChI=1S/C18H30N4O6S/c1-2-14-3-5-18(6-4-14)16(24)22(17(25)20-18)13-15(23)19-7-12-29(26,27)21-8-10-28-11-9-21/h14H,2-13H2,1H3,(H,19,23)(H,20,25). The molecule has 2 heterocycles. The van der Waals surface area contributed by atoms with E-state index in [1.807, 2.05) is 0 Å². The molecule has 0 aromatic rings. The normalized spacial score (nSPS) is 28.6. The van der Waals surface area contributed by atoms with E-state index in [1.54, 1.807) is 0 Å². The molecular formula is C18H30N4O6S. The smallest absolute Gasteiger partial charge is 0.325 e. The van der Waals surface area contributed by atoms with Crippen LogP contribution in [0.2, 0.25) is 0 Å². The van der Waals surface area contributed by atoms with Crippen molar-refractivity contribution in [3.05, 3.63) is 0 Å². The lowest BCUT2D eigenvalue weighted by molar-refractivity contribution is -0.136. The topological polar surface area (TPSA) is 125 Å². The van der Waals surface area contributed by atoms with Gasteiger partial charge in [0, 0.05) is 19.6 Å². The summed E-state index contributed by atoms with van der Waals surface area (Å²) in [5.74, 6) is -0.574. The Bertz CT molecular complexity index is 741. The van der Waals surface area contributed by atoms with E-state index in [4.69, 9.17) is 4.74 Å². The number of amides is 4. The van der Waals surface area contributed by atoms with Gasteiger partial charge in [-0.25, -0.2) is 13.2 Å². The Balaban J connectivity index is 1.48. The first kappa shape index (κ1) is 22.0. The number of hydrogen-bond acceptors (Lipinski definition) is 6. The molecule has 2 N–H and O–H groups in total. The van der Waals surface area contributed by atoms with Crippen molar-refractivity contribution < 1.29 is 27.5 Å². The van der Waals surface area contributed by atoms with E-state index in [1.165, 1.54) is 4.31 Å². The summed E-state index contributed by atoms with van der Waals surface area (Å²) < 4.78 is 31.0. The zero-order valence-electron chi connectivity index (χ0n) is 16.8. The maximum Gasteiger partial charge on any atom is 0.325 e. The summed E-state index contributed by atoms with van der Waals surface area (Å²) in [6, 6.07) is -0.555. The van der Waals surface area contributed by atoms with E-state index in [2.05, 4.69) is 17.6 Å². The van der Waals surface area contributed by atoms with Gasteiger partial charge in [0.05, 0.1) is 19.0 Å². The van der Waals surface area contributed by atoms with Gasteiger partial charge in [0.15, 0.2) is 0 Å². The monoisotopic (exact) mass is 430 g/mol. The van der Waals surface area contributed by atoms with Crippen LogP contribution in [0.25, 0.3) is 0 Å². The first-order chi connectivity index (χ1) is 13.8. The van der Waals surface area contributed by atoms with Crippen molar-refractivity contribution in [2.75, 3.05) is 45.1 Å². The van der Waals surface area contributed by atoms with Gasteiger partial charge in [-0.15, -0.1) is 0 Å². The van der Waals surface area contributed by atoms with E-state index >= 15 is 0 Å². The fourth-order valence-corrected chi connectivity index (χ4v) is 5.53. The van der Waals surface area contributed by atoms with E-state index in [9.17, 15) is 22.8 Å². The van der Waals surface area contributed by atoms with Crippen molar-refractivity contribution in [3.63, 3.8) is 0 Å². The highest BCUT2D eigenvalue weighted by Gasteiger charge is 2.52. The molecule has 10 nitrogen and oxygen atoms in total. The molecule has 0 radical (unpaired) electrons. The Morgan fingerprint density at radius 1 is 1.24 bits per heavy atom. The third-order valence-electron chi connectivity index (χ3n) is 6.13. The number of hydrogen-bond donors (Lipinski definition) is 2. The van der Waals surface area contributed by atoms with Gasteiger partial charge >= 0.3 is 6.03 Å². The minimum absolute atomic E-state index is 0.0779. The minimum atomic E-state index is -3.48. The highest BCUT2D eigenvalue weighted by molar-refractivity contribution is 7.89. The second kappa shape index (κ2) is 8.97. The van der Waals surface area contributed by atoms with Crippen molar-refractivity contribution in [1.29, 1.82) is 0 Å². The third kappa shape index (κ3) is 4.89. The molecule has 0 aromatic heterocycles. The van der Waals surface area contributed by atoms with Crippen LogP contribution < -0.4 is 10.6 Å². The molecule has 0 bridgehead atoms. The molecule has 29 heavy (non-hydrogen) atoms. The molecule has 1 saturated carbocycles. The second-order valence-electron chi connectivity index (χ2n) is 7.93. The SMILES string of the molecule is CCC1CCC2(CC1)NC(=O)N(CC(=O)NCCS(=O)(=O)N1CCOCC1)C2=O. The Morgan fingerprint density at radius 3 is 2.52 bits per heavy atom. The lowest BCUT2D eigenvalue weighted by Gasteiger charge is -2.34. The predicted octanol–water partition coefficient (Wildman–Crippen LogP) is -0.345. The zero-order valence-corrected chi connectivity index (χ0v) is 17.6. The summed E-state index contributed by atoms with van der Waals surface area (Å²) in [4.78, 5) is 38.2. The molecule has 3 fully saturated rings. The lowest BCUT2D eigenvalue weighted by atomic mass is 9.75. The Hall–Kier alpha value is -1.72. The van der Waals surface area contributed by atoms with Gasteiger partial charge in [0.25, 0.3) is 5.91 Å². The van der Waals surface area contributed by atoms with Crippen LogP contribution in [-0.4, -0.2) is 86.2 Å². The number of morpholine rings is 1. The summed E-state index contributed by atoms with van der Waals surface area (Å²) in [5.41, 5.74) is -0.886. The van der Waals surface area contributed by atoms with Crippen LogP contribution in [0.1, 0.15) is 39.0 Å². The average molecular weight is 431 g/mol. The molecule has 2 aliphatic heterocycles. The fraction of sp³-hybridized carbons (Fsp3) is 0.833. The summed E-state index contributed by atoms with van der Waals surface area (Å²) in [6.45, 7) is 2.97. The molecule has 0 atom stereocenters. The van der Waals surface area contributed by atoms with Gasteiger partial charge < -0.3 is 15.4 Å². The van der Waals surface area contributed by atoms with Gasteiger partial charge in [-0.3, -0.25) is 14.5 Å². The molecule has 0 unspecified atom stereocenters. The molecule has 1 aliphatic carbocycles. The number of imide groups is 1. The Kier molecular flexibility index (Phi) is 6.79. The lowest BCUT2D eigenvalue weighted by Crippen LogP contribution is -2.50. The number of nitrogens with zero attached hydrogens (tertiary/aromatic N) is 2. The number of rotatable bonds is 7. The number of carbonyl (C=O) groups is 3. The number of ether oxygens (including phenoxy) is 1. The molecule has 3 rings (SSSR count). The van der Waals surface area contributed by atoms with Crippen LogP contribution in [0, 0.1) is 5.92 Å². The highest BCUT2D eigenvalue weighted by Crippen LogP contribution is 2.37. The van der Waals surface area contributed by atoms with E-state index in [0.717, 1.165) is 24.2 Å². The molecular weight excluding hydrogens is 400 g/mol. The molecule has 4 amide bonds.